The number of aliphatic hydroxyl groups is 1. The number of benzene rings is 2. The molecule has 30 heavy (non-hydrogen) atoms. The number of amides is 2. The first-order valence-electron chi connectivity index (χ1n) is 10.1. The maximum Gasteiger partial charge on any atom is 0.246 e. The zero-order valence-electron chi connectivity index (χ0n) is 16.7. The minimum absolute atomic E-state index is 0.0219. The van der Waals surface area contributed by atoms with Crippen molar-refractivity contribution in [2.45, 2.75) is 18.5 Å². The molecule has 2 aromatic carbocycles. The average Bonchev–Trinajstić information content (AvgIpc) is 3.14. The SMILES string of the molecule is COc1cccc(C2c3[nH]c4ccccc4c3C[C@H]3C(=O)N(CCO)CC(=O)N23)c1. The van der Waals surface area contributed by atoms with E-state index in [0.717, 1.165) is 27.7 Å². The number of aromatic nitrogens is 1. The molecule has 2 aliphatic heterocycles. The molecule has 0 aliphatic carbocycles. The van der Waals surface area contributed by atoms with E-state index < -0.39 is 12.1 Å². The number of nitrogens with one attached hydrogen (secondary N) is 1. The molecule has 1 unspecified atom stereocenters. The van der Waals surface area contributed by atoms with Crippen LogP contribution in [-0.2, 0) is 16.0 Å². The Labute approximate surface area is 173 Å². The molecule has 0 spiro atoms. The summed E-state index contributed by atoms with van der Waals surface area (Å²) < 4.78 is 5.41. The number of aliphatic hydroxyl groups excluding tert-OH is 1. The Morgan fingerprint density at radius 2 is 2.00 bits per heavy atom. The number of hydrogen-bond donors (Lipinski definition) is 2. The molecule has 0 radical (unpaired) electrons. The summed E-state index contributed by atoms with van der Waals surface area (Å²) in [5.41, 5.74) is 3.88. The lowest BCUT2D eigenvalue weighted by Gasteiger charge is -2.47. The molecular weight excluding hydrogens is 382 g/mol. The number of aromatic amines is 1. The van der Waals surface area contributed by atoms with E-state index in [-0.39, 0.29) is 31.5 Å². The van der Waals surface area contributed by atoms with Gasteiger partial charge in [0.2, 0.25) is 11.8 Å². The van der Waals surface area contributed by atoms with Gasteiger partial charge in [0.1, 0.15) is 11.8 Å². The predicted molar refractivity (Wildman–Crippen MR) is 111 cm³/mol. The van der Waals surface area contributed by atoms with E-state index >= 15 is 0 Å². The lowest BCUT2D eigenvalue weighted by molar-refractivity contribution is -0.159. The molecule has 3 aromatic rings. The van der Waals surface area contributed by atoms with Crippen molar-refractivity contribution in [2.24, 2.45) is 0 Å². The maximum absolute atomic E-state index is 13.2. The number of nitrogens with zero attached hydrogens (tertiary/aromatic N) is 2. The smallest absolute Gasteiger partial charge is 0.246 e. The number of carbonyl (C=O) groups is 2. The fraction of sp³-hybridized carbons (Fsp3) is 0.304. The van der Waals surface area contributed by atoms with Gasteiger partial charge >= 0.3 is 0 Å². The van der Waals surface area contributed by atoms with Gasteiger partial charge in [-0.15, -0.1) is 0 Å². The van der Waals surface area contributed by atoms with Crippen LogP contribution in [0, 0.1) is 0 Å². The summed E-state index contributed by atoms with van der Waals surface area (Å²) in [7, 11) is 1.61. The molecule has 154 valence electrons. The highest BCUT2D eigenvalue weighted by molar-refractivity contribution is 5.97. The molecule has 3 heterocycles. The van der Waals surface area contributed by atoms with Crippen LogP contribution in [0.2, 0.25) is 0 Å². The minimum Gasteiger partial charge on any atom is -0.497 e. The minimum atomic E-state index is -0.597. The van der Waals surface area contributed by atoms with Crippen LogP contribution in [0.4, 0.5) is 0 Å². The Balaban J connectivity index is 1.71. The Kier molecular flexibility index (Phi) is 4.47. The van der Waals surface area contributed by atoms with Crippen LogP contribution in [0.3, 0.4) is 0 Å². The van der Waals surface area contributed by atoms with Gasteiger partial charge in [-0.25, -0.2) is 0 Å². The number of ether oxygens (including phenoxy) is 1. The van der Waals surface area contributed by atoms with Gasteiger partial charge in [-0.1, -0.05) is 30.3 Å². The molecule has 1 saturated heterocycles. The topological polar surface area (TPSA) is 85.9 Å². The molecule has 1 fully saturated rings. The quantitative estimate of drug-likeness (QED) is 0.694. The highest BCUT2D eigenvalue weighted by atomic mass is 16.5. The highest BCUT2D eigenvalue weighted by Crippen LogP contribution is 2.43. The summed E-state index contributed by atoms with van der Waals surface area (Å²) in [6, 6.07) is 14.6. The summed E-state index contributed by atoms with van der Waals surface area (Å²) in [5, 5.41) is 10.4. The van der Waals surface area contributed by atoms with Crippen LogP contribution in [0.15, 0.2) is 48.5 Å². The third-order valence-electron chi connectivity index (χ3n) is 6.12. The highest BCUT2D eigenvalue weighted by Gasteiger charge is 2.48. The van der Waals surface area contributed by atoms with Crippen LogP contribution < -0.4 is 4.74 Å². The summed E-state index contributed by atoms with van der Waals surface area (Å²) in [6.07, 6.45) is 0.451. The number of rotatable bonds is 4. The van der Waals surface area contributed by atoms with Crippen molar-refractivity contribution >= 4 is 22.7 Å². The standard InChI is InChI=1S/C23H23N3O4/c1-30-15-6-4-5-14(11-15)22-21-17(16-7-2-3-8-18(16)24-21)12-19-23(29)25(9-10-27)13-20(28)26(19)22/h2-8,11,19,22,24,27H,9-10,12-13H2,1H3/t19-,22?/m0/s1. The number of methoxy groups -OCH3 is 1. The summed E-state index contributed by atoms with van der Waals surface area (Å²) in [4.78, 5) is 33.2. The normalized spacial score (nSPS) is 21.0. The van der Waals surface area contributed by atoms with Crippen molar-refractivity contribution in [3.63, 3.8) is 0 Å². The molecule has 1 aromatic heterocycles. The van der Waals surface area contributed by atoms with Gasteiger partial charge in [-0.3, -0.25) is 9.59 Å². The van der Waals surface area contributed by atoms with E-state index in [0.29, 0.717) is 12.2 Å². The maximum atomic E-state index is 13.2. The largest absolute Gasteiger partial charge is 0.497 e. The first kappa shape index (κ1) is 18.7. The Morgan fingerprint density at radius 1 is 1.17 bits per heavy atom. The number of carbonyl (C=O) groups excluding carboxylic acids is 2. The van der Waals surface area contributed by atoms with E-state index in [1.165, 1.54) is 4.90 Å². The molecule has 0 bridgehead atoms. The molecule has 7 heteroatoms. The molecule has 2 atom stereocenters. The number of piperazine rings is 1. The Morgan fingerprint density at radius 3 is 2.80 bits per heavy atom. The van der Waals surface area contributed by atoms with Crippen molar-refractivity contribution in [3.8, 4) is 5.75 Å². The first-order chi connectivity index (χ1) is 14.6. The summed E-state index contributed by atoms with van der Waals surface area (Å²) >= 11 is 0. The third-order valence-corrected chi connectivity index (χ3v) is 6.12. The van der Waals surface area contributed by atoms with E-state index in [2.05, 4.69) is 4.98 Å². The van der Waals surface area contributed by atoms with Crippen LogP contribution >= 0.6 is 0 Å². The van der Waals surface area contributed by atoms with Crippen molar-refractivity contribution in [1.29, 1.82) is 0 Å². The lowest BCUT2D eigenvalue weighted by Crippen LogP contribution is -2.63. The average molecular weight is 405 g/mol. The van der Waals surface area contributed by atoms with Crippen molar-refractivity contribution in [3.05, 3.63) is 65.4 Å². The number of para-hydroxylation sites is 1. The molecule has 7 nitrogen and oxygen atoms in total. The number of H-pyrrole nitrogens is 1. The van der Waals surface area contributed by atoms with Gasteiger partial charge in [0.15, 0.2) is 0 Å². The number of fused-ring (bicyclic) bond motifs is 4. The van der Waals surface area contributed by atoms with Crippen LogP contribution in [0.25, 0.3) is 10.9 Å². The second kappa shape index (κ2) is 7.18. The molecular formula is C23H23N3O4. The number of β-amino-alcohol motifs (C(OH)–C–C–N with tert-alkyl or cyclic N) is 1. The fourth-order valence-electron chi connectivity index (χ4n) is 4.79. The van der Waals surface area contributed by atoms with Gasteiger partial charge in [0.25, 0.3) is 0 Å². The first-order valence-corrected chi connectivity index (χ1v) is 10.1. The van der Waals surface area contributed by atoms with Gasteiger partial charge in [0, 0.05) is 29.6 Å². The Bertz CT molecular complexity index is 1140. The monoisotopic (exact) mass is 405 g/mol. The molecule has 2 amide bonds. The fourth-order valence-corrected chi connectivity index (χ4v) is 4.79. The van der Waals surface area contributed by atoms with Crippen molar-refractivity contribution in [1.82, 2.24) is 14.8 Å². The second-order valence-corrected chi connectivity index (χ2v) is 7.75. The van der Waals surface area contributed by atoms with Crippen LogP contribution in [0.5, 0.6) is 5.75 Å². The van der Waals surface area contributed by atoms with Gasteiger partial charge in [0.05, 0.1) is 26.3 Å². The summed E-state index contributed by atoms with van der Waals surface area (Å²) in [6.45, 7) is -0.0191. The predicted octanol–water partition coefficient (Wildman–Crippen LogP) is 1.85. The van der Waals surface area contributed by atoms with Crippen molar-refractivity contribution in [2.75, 3.05) is 26.8 Å². The Hall–Kier alpha value is -3.32. The molecule has 0 saturated carbocycles. The molecule has 2 N–H and O–H groups in total. The second-order valence-electron chi connectivity index (χ2n) is 7.75. The van der Waals surface area contributed by atoms with E-state index in [1.54, 1.807) is 12.0 Å². The van der Waals surface area contributed by atoms with E-state index in [9.17, 15) is 14.7 Å². The molecule has 5 rings (SSSR count). The number of hydrogen-bond acceptors (Lipinski definition) is 4. The molecule has 2 aliphatic rings. The zero-order chi connectivity index (χ0) is 20.8. The zero-order valence-corrected chi connectivity index (χ0v) is 16.7. The van der Waals surface area contributed by atoms with Gasteiger partial charge < -0.3 is 24.6 Å². The summed E-state index contributed by atoms with van der Waals surface area (Å²) in [5.74, 6) is 0.461. The van der Waals surface area contributed by atoms with E-state index in [1.807, 2.05) is 48.5 Å². The third kappa shape index (κ3) is 2.77. The van der Waals surface area contributed by atoms with Crippen LogP contribution in [-0.4, -0.2) is 64.6 Å². The lowest BCUT2D eigenvalue weighted by atomic mass is 9.86. The van der Waals surface area contributed by atoms with E-state index in [4.69, 9.17) is 4.74 Å². The van der Waals surface area contributed by atoms with Crippen molar-refractivity contribution < 1.29 is 19.4 Å². The van der Waals surface area contributed by atoms with Gasteiger partial charge in [-0.05, 0) is 29.3 Å². The van der Waals surface area contributed by atoms with Crippen LogP contribution in [0.1, 0.15) is 22.9 Å². The van der Waals surface area contributed by atoms with Gasteiger partial charge in [-0.2, -0.15) is 0 Å².